The number of hydrogen-bond donors (Lipinski definition) is 0. The van der Waals surface area contributed by atoms with Gasteiger partial charge in [-0.15, -0.1) is 0 Å². The highest BCUT2D eigenvalue weighted by Gasteiger charge is 2.21. The summed E-state index contributed by atoms with van der Waals surface area (Å²) in [5.74, 6) is 1.53. The molecule has 1 aromatic rings. The maximum Gasteiger partial charge on any atom is 0.124 e. The standard InChI is InChI=1S/C15H21NO/c1-10(2)12-8-14-13(15(9-12)17-5)7-6-11(3)16(14)4/h8-10H,3,6-7H2,1-2,4-5H3. The highest BCUT2D eigenvalue weighted by atomic mass is 16.5. The molecule has 1 aromatic carbocycles. The number of fused-ring (bicyclic) bond motifs is 1. The Bertz CT molecular complexity index is 448. The van der Waals surface area contributed by atoms with E-state index >= 15 is 0 Å². The van der Waals surface area contributed by atoms with E-state index in [1.165, 1.54) is 22.5 Å². The van der Waals surface area contributed by atoms with Crippen LogP contribution in [0.2, 0.25) is 0 Å². The second-order valence-electron chi connectivity index (χ2n) is 5.00. The molecule has 0 radical (unpaired) electrons. The van der Waals surface area contributed by atoms with Crippen LogP contribution >= 0.6 is 0 Å². The molecule has 2 heteroatoms. The van der Waals surface area contributed by atoms with Gasteiger partial charge in [-0.1, -0.05) is 20.4 Å². The molecule has 17 heavy (non-hydrogen) atoms. The number of anilines is 1. The van der Waals surface area contributed by atoms with E-state index < -0.39 is 0 Å². The number of benzene rings is 1. The lowest BCUT2D eigenvalue weighted by molar-refractivity contribution is 0.408. The number of hydrogen-bond acceptors (Lipinski definition) is 2. The molecule has 2 nitrogen and oxygen atoms in total. The van der Waals surface area contributed by atoms with E-state index in [1.54, 1.807) is 7.11 Å². The van der Waals surface area contributed by atoms with Gasteiger partial charge in [-0.3, -0.25) is 0 Å². The van der Waals surface area contributed by atoms with Gasteiger partial charge in [0, 0.05) is 24.0 Å². The molecule has 1 heterocycles. The third-order valence-corrected chi connectivity index (χ3v) is 3.59. The van der Waals surface area contributed by atoms with Gasteiger partial charge in [0.1, 0.15) is 5.75 Å². The van der Waals surface area contributed by atoms with Crippen molar-refractivity contribution in [2.45, 2.75) is 32.6 Å². The molecule has 0 aromatic heterocycles. The fourth-order valence-corrected chi connectivity index (χ4v) is 2.32. The minimum Gasteiger partial charge on any atom is -0.496 e. The molecule has 0 aliphatic carbocycles. The van der Waals surface area contributed by atoms with E-state index in [2.05, 4.69) is 44.5 Å². The molecule has 2 rings (SSSR count). The average molecular weight is 231 g/mol. The van der Waals surface area contributed by atoms with Crippen molar-refractivity contribution >= 4 is 5.69 Å². The summed E-state index contributed by atoms with van der Waals surface area (Å²) in [6, 6.07) is 4.44. The minimum atomic E-state index is 0.512. The molecular formula is C15H21NO. The highest BCUT2D eigenvalue weighted by Crippen LogP contribution is 2.39. The van der Waals surface area contributed by atoms with Crippen LogP contribution in [0.4, 0.5) is 5.69 Å². The summed E-state index contributed by atoms with van der Waals surface area (Å²) < 4.78 is 5.53. The summed E-state index contributed by atoms with van der Waals surface area (Å²) in [4.78, 5) is 2.19. The van der Waals surface area contributed by atoms with Crippen molar-refractivity contribution in [1.82, 2.24) is 0 Å². The van der Waals surface area contributed by atoms with E-state index in [4.69, 9.17) is 4.74 Å². The third kappa shape index (κ3) is 2.04. The van der Waals surface area contributed by atoms with Crippen LogP contribution in [0.3, 0.4) is 0 Å². The summed E-state index contributed by atoms with van der Waals surface area (Å²) >= 11 is 0. The summed E-state index contributed by atoms with van der Waals surface area (Å²) in [5, 5.41) is 0. The number of nitrogens with zero attached hydrogens (tertiary/aromatic N) is 1. The first-order valence-electron chi connectivity index (χ1n) is 6.17. The van der Waals surface area contributed by atoms with Crippen LogP contribution in [-0.2, 0) is 6.42 Å². The van der Waals surface area contributed by atoms with Crippen molar-refractivity contribution < 1.29 is 4.74 Å². The quantitative estimate of drug-likeness (QED) is 0.769. The van der Waals surface area contributed by atoms with Gasteiger partial charge in [0.15, 0.2) is 0 Å². The topological polar surface area (TPSA) is 12.5 Å². The third-order valence-electron chi connectivity index (χ3n) is 3.59. The van der Waals surface area contributed by atoms with Crippen LogP contribution in [0.15, 0.2) is 24.4 Å². The maximum atomic E-state index is 5.53. The molecule has 0 atom stereocenters. The van der Waals surface area contributed by atoms with Gasteiger partial charge in [-0.05, 0) is 36.5 Å². The van der Waals surface area contributed by atoms with E-state index in [1.807, 2.05) is 0 Å². The van der Waals surface area contributed by atoms with Crippen LogP contribution in [0, 0.1) is 0 Å². The van der Waals surface area contributed by atoms with Gasteiger partial charge in [-0.25, -0.2) is 0 Å². The normalized spacial score (nSPS) is 15.1. The first-order valence-corrected chi connectivity index (χ1v) is 6.17. The second kappa shape index (κ2) is 4.44. The zero-order valence-electron chi connectivity index (χ0n) is 11.2. The average Bonchev–Trinajstić information content (AvgIpc) is 2.32. The largest absolute Gasteiger partial charge is 0.496 e. The summed E-state index contributed by atoms with van der Waals surface area (Å²) in [7, 11) is 3.84. The molecule has 92 valence electrons. The van der Waals surface area contributed by atoms with Crippen molar-refractivity contribution in [2.75, 3.05) is 19.1 Å². The molecule has 1 aliphatic rings. The maximum absolute atomic E-state index is 5.53. The fourth-order valence-electron chi connectivity index (χ4n) is 2.32. The summed E-state index contributed by atoms with van der Waals surface area (Å²) in [6.45, 7) is 8.52. The molecule has 1 aliphatic heterocycles. The number of methoxy groups -OCH3 is 1. The Labute approximate surface area is 104 Å². The van der Waals surface area contributed by atoms with Crippen molar-refractivity contribution in [3.8, 4) is 5.75 Å². The molecule has 0 saturated carbocycles. The Morgan fingerprint density at radius 1 is 1.29 bits per heavy atom. The Kier molecular flexibility index (Phi) is 3.14. The summed E-state index contributed by atoms with van der Waals surface area (Å²) in [6.07, 6.45) is 2.04. The van der Waals surface area contributed by atoms with E-state index in [-0.39, 0.29) is 0 Å². The highest BCUT2D eigenvalue weighted by molar-refractivity contribution is 5.66. The molecule has 0 fully saturated rings. The molecule has 0 amide bonds. The molecule has 0 spiro atoms. The Hall–Kier alpha value is -1.44. The molecule has 0 saturated heterocycles. The van der Waals surface area contributed by atoms with Gasteiger partial charge in [0.25, 0.3) is 0 Å². The lowest BCUT2D eigenvalue weighted by Gasteiger charge is -2.31. The van der Waals surface area contributed by atoms with E-state index in [0.717, 1.165) is 18.6 Å². The van der Waals surface area contributed by atoms with Gasteiger partial charge in [0.2, 0.25) is 0 Å². The monoisotopic (exact) mass is 231 g/mol. The predicted octanol–water partition coefficient (Wildman–Crippen LogP) is 3.71. The number of ether oxygens (including phenoxy) is 1. The van der Waals surface area contributed by atoms with Crippen LogP contribution in [0.25, 0.3) is 0 Å². The zero-order valence-corrected chi connectivity index (χ0v) is 11.2. The first-order chi connectivity index (χ1) is 8.04. The lowest BCUT2D eigenvalue weighted by Crippen LogP contribution is -2.22. The first kappa shape index (κ1) is 12.0. The Morgan fingerprint density at radius 2 is 2.00 bits per heavy atom. The van der Waals surface area contributed by atoms with Crippen LogP contribution in [0.5, 0.6) is 5.75 Å². The Morgan fingerprint density at radius 3 is 2.59 bits per heavy atom. The SMILES string of the molecule is C=C1CCc2c(OC)cc(C(C)C)cc2N1C. The number of rotatable bonds is 2. The van der Waals surface area contributed by atoms with Crippen molar-refractivity contribution in [3.05, 3.63) is 35.5 Å². The van der Waals surface area contributed by atoms with Crippen LogP contribution < -0.4 is 9.64 Å². The van der Waals surface area contributed by atoms with Crippen LogP contribution in [0.1, 0.15) is 37.3 Å². The lowest BCUT2D eigenvalue weighted by atomic mass is 9.93. The van der Waals surface area contributed by atoms with E-state index in [0.29, 0.717) is 5.92 Å². The molecular weight excluding hydrogens is 210 g/mol. The minimum absolute atomic E-state index is 0.512. The molecule has 0 unspecified atom stereocenters. The Balaban J connectivity index is 2.58. The molecule has 0 bridgehead atoms. The summed E-state index contributed by atoms with van der Waals surface area (Å²) in [5.41, 5.74) is 5.07. The second-order valence-corrected chi connectivity index (χ2v) is 5.00. The van der Waals surface area contributed by atoms with Gasteiger partial charge in [0.05, 0.1) is 7.11 Å². The van der Waals surface area contributed by atoms with Gasteiger partial charge in [-0.2, -0.15) is 0 Å². The van der Waals surface area contributed by atoms with Crippen LogP contribution in [-0.4, -0.2) is 14.2 Å². The van der Waals surface area contributed by atoms with E-state index in [9.17, 15) is 0 Å². The fraction of sp³-hybridized carbons (Fsp3) is 0.467. The predicted molar refractivity (Wildman–Crippen MR) is 72.9 cm³/mol. The van der Waals surface area contributed by atoms with Gasteiger partial charge >= 0.3 is 0 Å². The van der Waals surface area contributed by atoms with Gasteiger partial charge < -0.3 is 9.64 Å². The zero-order chi connectivity index (χ0) is 12.6. The molecule has 0 N–H and O–H groups in total. The smallest absolute Gasteiger partial charge is 0.124 e. The van der Waals surface area contributed by atoms with Crippen molar-refractivity contribution in [3.63, 3.8) is 0 Å². The van der Waals surface area contributed by atoms with Crippen molar-refractivity contribution in [2.24, 2.45) is 0 Å². The number of allylic oxidation sites excluding steroid dienone is 1. The van der Waals surface area contributed by atoms with Crippen molar-refractivity contribution in [1.29, 1.82) is 0 Å².